The molecule has 0 fully saturated rings. The molecular weight excluding hydrogens is 266 g/mol. The Balaban J connectivity index is 2.33. The van der Waals surface area contributed by atoms with Gasteiger partial charge in [0.05, 0.1) is 6.10 Å². The van der Waals surface area contributed by atoms with Crippen molar-refractivity contribution >= 4 is 15.9 Å². The van der Waals surface area contributed by atoms with Gasteiger partial charge in [-0.25, -0.2) is 0 Å². The molecule has 1 rings (SSSR count). The van der Waals surface area contributed by atoms with Gasteiger partial charge in [-0.05, 0) is 23.1 Å². The number of aliphatic hydroxyl groups is 1. The van der Waals surface area contributed by atoms with Gasteiger partial charge in [-0.3, -0.25) is 0 Å². The van der Waals surface area contributed by atoms with Crippen molar-refractivity contribution in [3.63, 3.8) is 0 Å². The van der Waals surface area contributed by atoms with E-state index in [1.807, 2.05) is 32.9 Å². The molecule has 0 aliphatic carbocycles. The fourth-order valence-electron chi connectivity index (χ4n) is 1.26. The Kier molecular flexibility index (Phi) is 4.96. The average Bonchev–Trinajstić information content (AvgIpc) is 2.19. The maximum absolute atomic E-state index is 9.84. The van der Waals surface area contributed by atoms with Crippen molar-refractivity contribution in [1.82, 2.24) is 5.32 Å². The Morgan fingerprint density at radius 2 is 1.81 bits per heavy atom. The van der Waals surface area contributed by atoms with E-state index in [1.54, 1.807) is 0 Å². The summed E-state index contributed by atoms with van der Waals surface area (Å²) in [5.41, 5.74) is 1.16. The molecule has 0 bridgehead atoms. The van der Waals surface area contributed by atoms with E-state index in [1.165, 1.54) is 5.56 Å². The third-order valence-electron chi connectivity index (χ3n) is 2.58. The largest absolute Gasteiger partial charge is 0.391 e. The quantitative estimate of drug-likeness (QED) is 0.892. The molecule has 0 radical (unpaired) electrons. The predicted octanol–water partition coefficient (Wildman–Crippen LogP) is 2.95. The molecule has 3 heteroatoms. The molecule has 0 aliphatic rings. The number of hydrogen-bond acceptors (Lipinski definition) is 2. The van der Waals surface area contributed by atoms with Crippen LogP contribution in [0.5, 0.6) is 0 Å². The van der Waals surface area contributed by atoms with Crippen LogP contribution in [0.25, 0.3) is 0 Å². The van der Waals surface area contributed by atoms with Crippen LogP contribution in [-0.2, 0) is 6.54 Å². The first-order chi connectivity index (χ1) is 7.39. The number of hydrogen-bond donors (Lipinski definition) is 2. The molecule has 0 heterocycles. The molecule has 1 aromatic rings. The highest BCUT2D eigenvalue weighted by Crippen LogP contribution is 2.18. The zero-order chi connectivity index (χ0) is 12.2. The van der Waals surface area contributed by atoms with Gasteiger partial charge in [-0.2, -0.15) is 0 Å². The van der Waals surface area contributed by atoms with Crippen molar-refractivity contribution in [1.29, 1.82) is 0 Å². The fourth-order valence-corrected chi connectivity index (χ4v) is 1.53. The maximum Gasteiger partial charge on any atom is 0.0712 e. The first-order valence-corrected chi connectivity index (χ1v) is 6.32. The van der Waals surface area contributed by atoms with Crippen LogP contribution in [0, 0.1) is 5.41 Å². The fraction of sp³-hybridized carbons (Fsp3) is 0.538. The molecule has 0 spiro atoms. The summed E-state index contributed by atoms with van der Waals surface area (Å²) in [6.45, 7) is 7.54. The number of nitrogens with one attached hydrogen (secondary N) is 1. The van der Waals surface area contributed by atoms with E-state index in [-0.39, 0.29) is 11.5 Å². The monoisotopic (exact) mass is 285 g/mol. The molecule has 0 amide bonds. The van der Waals surface area contributed by atoms with Gasteiger partial charge in [0.25, 0.3) is 0 Å². The van der Waals surface area contributed by atoms with Gasteiger partial charge in [0.15, 0.2) is 0 Å². The van der Waals surface area contributed by atoms with Crippen molar-refractivity contribution in [2.45, 2.75) is 33.4 Å². The lowest BCUT2D eigenvalue weighted by Gasteiger charge is -2.26. The minimum atomic E-state index is -0.317. The Morgan fingerprint density at radius 1 is 1.25 bits per heavy atom. The van der Waals surface area contributed by atoms with Crippen LogP contribution in [0.1, 0.15) is 26.3 Å². The molecule has 0 saturated heterocycles. The molecule has 0 aromatic heterocycles. The Morgan fingerprint density at radius 3 is 2.31 bits per heavy atom. The van der Waals surface area contributed by atoms with Crippen molar-refractivity contribution in [2.75, 3.05) is 6.54 Å². The van der Waals surface area contributed by atoms with E-state index in [2.05, 4.69) is 33.4 Å². The SMILES string of the molecule is CC(C)(C)C(O)CNCc1ccc(Br)cc1. The predicted molar refractivity (Wildman–Crippen MR) is 71.3 cm³/mol. The lowest BCUT2D eigenvalue weighted by molar-refractivity contribution is 0.0628. The second kappa shape index (κ2) is 5.80. The van der Waals surface area contributed by atoms with Gasteiger partial charge in [-0.15, -0.1) is 0 Å². The molecule has 90 valence electrons. The maximum atomic E-state index is 9.84. The molecule has 1 aromatic carbocycles. The topological polar surface area (TPSA) is 32.3 Å². The van der Waals surface area contributed by atoms with Gasteiger partial charge >= 0.3 is 0 Å². The van der Waals surface area contributed by atoms with E-state index in [4.69, 9.17) is 0 Å². The molecule has 0 aliphatic heterocycles. The highest BCUT2D eigenvalue weighted by Gasteiger charge is 2.21. The number of halogens is 1. The molecule has 1 atom stereocenters. The second-order valence-electron chi connectivity index (χ2n) is 5.14. The number of benzene rings is 1. The summed E-state index contributed by atoms with van der Waals surface area (Å²) in [5, 5.41) is 13.1. The average molecular weight is 286 g/mol. The van der Waals surface area contributed by atoms with Crippen LogP contribution >= 0.6 is 15.9 Å². The lowest BCUT2D eigenvalue weighted by atomic mass is 9.89. The Labute approximate surface area is 106 Å². The zero-order valence-corrected chi connectivity index (χ0v) is 11.7. The third kappa shape index (κ3) is 4.64. The van der Waals surface area contributed by atoms with Gasteiger partial charge in [0, 0.05) is 17.6 Å². The minimum Gasteiger partial charge on any atom is -0.391 e. The normalized spacial score (nSPS) is 13.8. The van der Waals surface area contributed by atoms with Crippen LogP contribution in [0.4, 0.5) is 0 Å². The van der Waals surface area contributed by atoms with Gasteiger partial charge in [0.2, 0.25) is 0 Å². The van der Waals surface area contributed by atoms with Crippen LogP contribution < -0.4 is 5.32 Å². The number of rotatable bonds is 4. The van der Waals surface area contributed by atoms with Crippen molar-refractivity contribution in [3.8, 4) is 0 Å². The summed E-state index contributed by atoms with van der Waals surface area (Å²) in [5.74, 6) is 0. The van der Waals surface area contributed by atoms with Crippen molar-refractivity contribution in [2.24, 2.45) is 5.41 Å². The summed E-state index contributed by atoms with van der Waals surface area (Å²) in [4.78, 5) is 0. The highest BCUT2D eigenvalue weighted by molar-refractivity contribution is 9.10. The van der Waals surface area contributed by atoms with Crippen molar-refractivity contribution in [3.05, 3.63) is 34.3 Å². The smallest absolute Gasteiger partial charge is 0.0712 e. The second-order valence-corrected chi connectivity index (χ2v) is 6.05. The number of aliphatic hydroxyl groups excluding tert-OH is 1. The van der Waals surface area contributed by atoms with Gasteiger partial charge in [-0.1, -0.05) is 48.8 Å². The lowest BCUT2D eigenvalue weighted by Crippen LogP contribution is -2.36. The molecule has 16 heavy (non-hydrogen) atoms. The molecular formula is C13H20BrNO. The molecule has 1 unspecified atom stereocenters. The summed E-state index contributed by atoms with van der Waals surface area (Å²) < 4.78 is 1.09. The van der Waals surface area contributed by atoms with Gasteiger partial charge in [0.1, 0.15) is 0 Å². The first-order valence-electron chi connectivity index (χ1n) is 5.53. The van der Waals surface area contributed by atoms with Crippen molar-refractivity contribution < 1.29 is 5.11 Å². The zero-order valence-electron chi connectivity index (χ0n) is 10.1. The summed E-state index contributed by atoms with van der Waals surface area (Å²) >= 11 is 3.40. The first kappa shape index (κ1) is 13.7. The summed E-state index contributed by atoms with van der Waals surface area (Å²) in [6, 6.07) is 8.19. The third-order valence-corrected chi connectivity index (χ3v) is 3.11. The highest BCUT2D eigenvalue weighted by atomic mass is 79.9. The Bertz CT molecular complexity index is 316. The molecule has 2 N–H and O–H groups in total. The van der Waals surface area contributed by atoms with Gasteiger partial charge < -0.3 is 10.4 Å². The van der Waals surface area contributed by atoms with Crippen LogP contribution in [0.2, 0.25) is 0 Å². The molecule has 2 nitrogen and oxygen atoms in total. The van der Waals surface area contributed by atoms with E-state index < -0.39 is 0 Å². The van der Waals surface area contributed by atoms with Crippen LogP contribution in [-0.4, -0.2) is 17.8 Å². The minimum absolute atomic E-state index is 0.0628. The molecule has 0 saturated carbocycles. The summed E-state index contributed by atoms with van der Waals surface area (Å²) in [6.07, 6.45) is -0.317. The Hall–Kier alpha value is -0.380. The van der Waals surface area contributed by atoms with E-state index >= 15 is 0 Å². The van der Waals surface area contributed by atoms with Crippen LogP contribution in [0.3, 0.4) is 0 Å². The van der Waals surface area contributed by atoms with E-state index in [9.17, 15) is 5.11 Å². The summed E-state index contributed by atoms with van der Waals surface area (Å²) in [7, 11) is 0. The van der Waals surface area contributed by atoms with E-state index in [0.29, 0.717) is 6.54 Å². The standard InChI is InChI=1S/C13H20BrNO/c1-13(2,3)12(16)9-15-8-10-4-6-11(14)7-5-10/h4-7,12,15-16H,8-9H2,1-3H3. The van der Waals surface area contributed by atoms with E-state index in [0.717, 1.165) is 11.0 Å². The van der Waals surface area contributed by atoms with Crippen LogP contribution in [0.15, 0.2) is 28.7 Å².